The van der Waals surface area contributed by atoms with Gasteiger partial charge in [0.1, 0.15) is 28.6 Å². The van der Waals surface area contributed by atoms with E-state index in [9.17, 15) is 18.0 Å². The summed E-state index contributed by atoms with van der Waals surface area (Å²) in [5, 5.41) is 6.80. The maximum absolute atomic E-state index is 13.4. The number of rotatable bonds is 5. The van der Waals surface area contributed by atoms with Gasteiger partial charge in [-0.1, -0.05) is 0 Å². The van der Waals surface area contributed by atoms with Crippen LogP contribution in [0.15, 0.2) is 30.3 Å². The minimum atomic E-state index is -4.64. The van der Waals surface area contributed by atoms with Gasteiger partial charge >= 0.3 is 6.18 Å². The van der Waals surface area contributed by atoms with Crippen molar-refractivity contribution < 1.29 is 22.7 Å². The maximum atomic E-state index is 13.4. The Labute approximate surface area is 188 Å². The number of pyridine rings is 1. The molecule has 33 heavy (non-hydrogen) atoms. The first-order valence-corrected chi connectivity index (χ1v) is 10.6. The highest BCUT2D eigenvalue weighted by Gasteiger charge is 2.68. The van der Waals surface area contributed by atoms with Gasteiger partial charge in [-0.2, -0.15) is 18.3 Å². The zero-order valence-electron chi connectivity index (χ0n) is 17.3. The van der Waals surface area contributed by atoms with Gasteiger partial charge in [-0.25, -0.2) is 15.0 Å². The van der Waals surface area contributed by atoms with Crippen LogP contribution in [-0.2, 0) is 11.8 Å². The van der Waals surface area contributed by atoms with Crippen molar-refractivity contribution in [2.24, 2.45) is 12.5 Å². The van der Waals surface area contributed by atoms with Crippen LogP contribution in [0.25, 0.3) is 32.9 Å². The van der Waals surface area contributed by atoms with Crippen LogP contribution >= 0.6 is 11.3 Å². The van der Waals surface area contributed by atoms with Gasteiger partial charge in [0.15, 0.2) is 11.6 Å². The third-order valence-corrected chi connectivity index (χ3v) is 6.28. The molecule has 1 aliphatic carbocycles. The standard InChI is InChI=1S/C20H16F3N7O2S/c1-30-7-10(14(29-30)13-6-24-9-33-13)15-16-11(25-8-26-15)5-12(32-2)17(27-16)28-18(31)19(3-4-19)20(21,22)23/h5-9H,3-4H2,1-2H3,(H,27,28,31). The van der Waals surface area contributed by atoms with E-state index in [-0.39, 0.29) is 29.9 Å². The van der Waals surface area contributed by atoms with Crippen LogP contribution in [0.1, 0.15) is 12.8 Å². The smallest absolute Gasteiger partial charge is 0.403 e. The molecule has 0 spiro atoms. The van der Waals surface area contributed by atoms with Crippen LogP contribution in [0, 0.1) is 5.41 Å². The molecule has 0 unspecified atom stereocenters. The van der Waals surface area contributed by atoms with Gasteiger partial charge in [0.25, 0.3) is 0 Å². The fraction of sp³-hybridized carbons (Fsp3) is 0.300. The van der Waals surface area contributed by atoms with E-state index in [2.05, 4.69) is 30.4 Å². The summed E-state index contributed by atoms with van der Waals surface area (Å²) in [5.74, 6) is -1.21. The molecule has 4 aromatic heterocycles. The number of hydrogen-bond acceptors (Lipinski definition) is 8. The molecule has 0 bridgehead atoms. The molecule has 1 amide bonds. The van der Waals surface area contributed by atoms with Gasteiger partial charge in [0.05, 0.1) is 23.0 Å². The van der Waals surface area contributed by atoms with Crippen LogP contribution in [0.3, 0.4) is 0 Å². The molecule has 1 saturated carbocycles. The lowest BCUT2D eigenvalue weighted by Gasteiger charge is -2.19. The summed E-state index contributed by atoms with van der Waals surface area (Å²) in [6.45, 7) is 0. The summed E-state index contributed by atoms with van der Waals surface area (Å²) in [6.07, 6.45) is -0.392. The summed E-state index contributed by atoms with van der Waals surface area (Å²) < 4.78 is 47.1. The molecule has 1 fully saturated rings. The van der Waals surface area contributed by atoms with E-state index in [4.69, 9.17) is 4.74 Å². The number of amides is 1. The van der Waals surface area contributed by atoms with E-state index in [1.165, 1.54) is 30.8 Å². The van der Waals surface area contributed by atoms with E-state index in [0.717, 1.165) is 4.88 Å². The van der Waals surface area contributed by atoms with Gasteiger partial charge in [-0.3, -0.25) is 14.5 Å². The lowest BCUT2D eigenvalue weighted by Crippen LogP contribution is -2.37. The van der Waals surface area contributed by atoms with Crippen molar-refractivity contribution >= 4 is 34.1 Å². The van der Waals surface area contributed by atoms with Crippen LogP contribution in [0.4, 0.5) is 19.0 Å². The van der Waals surface area contributed by atoms with E-state index < -0.39 is 17.5 Å². The molecular formula is C20H16F3N7O2S. The number of nitrogens with zero attached hydrogens (tertiary/aromatic N) is 6. The zero-order chi connectivity index (χ0) is 23.4. The van der Waals surface area contributed by atoms with E-state index >= 15 is 0 Å². The van der Waals surface area contributed by atoms with Crippen LogP contribution < -0.4 is 10.1 Å². The van der Waals surface area contributed by atoms with Gasteiger partial charge in [0, 0.05) is 31.1 Å². The lowest BCUT2D eigenvalue weighted by atomic mass is 10.1. The number of aryl methyl sites for hydroxylation is 1. The first-order valence-electron chi connectivity index (χ1n) is 9.74. The molecule has 1 aliphatic rings. The Bertz CT molecular complexity index is 1360. The Kier molecular flexibility index (Phi) is 4.81. The number of anilines is 1. The molecule has 13 heteroatoms. The highest BCUT2D eigenvalue weighted by Crippen LogP contribution is 2.58. The highest BCUT2D eigenvalue weighted by molar-refractivity contribution is 7.13. The summed E-state index contributed by atoms with van der Waals surface area (Å²) in [7, 11) is 3.09. The summed E-state index contributed by atoms with van der Waals surface area (Å²) in [5.41, 5.74) is 1.63. The topological polar surface area (TPSA) is 108 Å². The molecule has 0 aromatic carbocycles. The number of carbonyl (C=O) groups excluding carboxylic acids is 1. The van der Waals surface area contributed by atoms with Gasteiger partial charge < -0.3 is 10.1 Å². The van der Waals surface area contributed by atoms with Crippen LogP contribution in [-0.4, -0.2) is 48.9 Å². The second-order valence-corrected chi connectivity index (χ2v) is 8.48. The number of nitrogens with one attached hydrogen (secondary N) is 1. The number of hydrogen-bond donors (Lipinski definition) is 1. The second kappa shape index (κ2) is 7.47. The first-order chi connectivity index (χ1) is 15.7. The van der Waals surface area contributed by atoms with E-state index in [1.54, 1.807) is 29.6 Å². The van der Waals surface area contributed by atoms with Gasteiger partial charge in [0.2, 0.25) is 5.91 Å². The van der Waals surface area contributed by atoms with Gasteiger partial charge in [-0.05, 0) is 12.8 Å². The number of methoxy groups -OCH3 is 1. The Hall–Kier alpha value is -3.61. The van der Waals surface area contributed by atoms with E-state index in [1.807, 2.05) is 0 Å². The molecule has 5 rings (SSSR count). The number of alkyl halides is 3. The van der Waals surface area contributed by atoms with Crippen molar-refractivity contribution in [1.82, 2.24) is 29.7 Å². The van der Waals surface area contributed by atoms with Gasteiger partial charge in [-0.15, -0.1) is 11.3 Å². The third-order valence-electron chi connectivity index (χ3n) is 5.50. The fourth-order valence-electron chi connectivity index (χ4n) is 3.58. The minimum absolute atomic E-state index is 0.0901. The highest BCUT2D eigenvalue weighted by atomic mass is 32.1. The lowest BCUT2D eigenvalue weighted by molar-refractivity contribution is -0.189. The number of ether oxygens (including phenoxy) is 1. The average Bonchev–Trinajstić information content (AvgIpc) is 3.27. The molecule has 170 valence electrons. The van der Waals surface area contributed by atoms with Crippen molar-refractivity contribution in [3.05, 3.63) is 30.3 Å². The molecule has 4 heterocycles. The van der Waals surface area contributed by atoms with Crippen molar-refractivity contribution in [2.75, 3.05) is 12.4 Å². The Morgan fingerprint density at radius 2 is 2.06 bits per heavy atom. The molecule has 0 saturated heterocycles. The number of thiazole rings is 1. The average molecular weight is 475 g/mol. The molecule has 9 nitrogen and oxygen atoms in total. The normalized spacial score (nSPS) is 14.9. The Balaban J connectivity index is 1.63. The van der Waals surface area contributed by atoms with Crippen LogP contribution in [0.2, 0.25) is 0 Å². The van der Waals surface area contributed by atoms with Crippen LogP contribution in [0.5, 0.6) is 5.75 Å². The Morgan fingerprint density at radius 3 is 2.70 bits per heavy atom. The second-order valence-electron chi connectivity index (χ2n) is 7.59. The van der Waals surface area contributed by atoms with Crippen molar-refractivity contribution in [3.8, 4) is 27.6 Å². The van der Waals surface area contributed by atoms with Crippen molar-refractivity contribution in [2.45, 2.75) is 19.0 Å². The molecule has 4 aromatic rings. The molecular weight excluding hydrogens is 459 g/mol. The summed E-state index contributed by atoms with van der Waals surface area (Å²) in [4.78, 5) is 30.4. The van der Waals surface area contributed by atoms with Crippen molar-refractivity contribution in [1.29, 1.82) is 0 Å². The maximum Gasteiger partial charge on any atom is 0.403 e. The van der Waals surface area contributed by atoms with E-state index in [0.29, 0.717) is 22.5 Å². The largest absolute Gasteiger partial charge is 0.493 e. The molecule has 1 N–H and O–H groups in total. The zero-order valence-corrected chi connectivity index (χ0v) is 18.2. The Morgan fingerprint density at radius 1 is 1.27 bits per heavy atom. The number of aromatic nitrogens is 6. The number of halogens is 3. The number of carbonyl (C=O) groups is 1. The third kappa shape index (κ3) is 3.48. The summed E-state index contributed by atoms with van der Waals surface area (Å²) in [6, 6.07) is 1.50. The molecule has 0 aliphatic heterocycles. The SMILES string of the molecule is COc1cc2ncnc(-c3cn(C)nc3-c3cncs3)c2nc1NC(=O)C1(C(F)(F)F)CC1. The predicted octanol–water partition coefficient (Wildman–Crippen LogP) is 3.84. The monoisotopic (exact) mass is 475 g/mol. The predicted molar refractivity (Wildman–Crippen MR) is 114 cm³/mol. The first kappa shape index (κ1) is 21.2. The number of fused-ring (bicyclic) bond motifs is 1. The molecule has 0 atom stereocenters. The quantitative estimate of drug-likeness (QED) is 0.467. The summed E-state index contributed by atoms with van der Waals surface area (Å²) >= 11 is 1.40. The van der Waals surface area contributed by atoms with Crippen molar-refractivity contribution in [3.63, 3.8) is 0 Å². The minimum Gasteiger partial charge on any atom is -0.493 e. The molecule has 0 radical (unpaired) electrons. The fourth-order valence-corrected chi connectivity index (χ4v) is 4.20.